The van der Waals surface area contributed by atoms with Crippen LogP contribution in [0.5, 0.6) is 0 Å². The molecule has 0 saturated heterocycles. The summed E-state index contributed by atoms with van der Waals surface area (Å²) >= 11 is 0. The van der Waals surface area contributed by atoms with Crippen molar-refractivity contribution in [3.8, 4) is 0 Å². The number of fused-ring (bicyclic) bond motifs is 2. The van der Waals surface area contributed by atoms with E-state index >= 15 is 0 Å². The van der Waals surface area contributed by atoms with Crippen LogP contribution in [0.25, 0.3) is 10.9 Å². The lowest BCUT2D eigenvalue weighted by Gasteiger charge is -2.32. The van der Waals surface area contributed by atoms with Gasteiger partial charge in [-0.05, 0) is 61.9 Å². The summed E-state index contributed by atoms with van der Waals surface area (Å²) in [7, 11) is 0. The molecule has 2 aliphatic rings. The van der Waals surface area contributed by atoms with Gasteiger partial charge in [0.1, 0.15) is 0 Å². The van der Waals surface area contributed by atoms with E-state index in [-0.39, 0.29) is 5.78 Å². The molecule has 0 N–H and O–H groups in total. The van der Waals surface area contributed by atoms with Gasteiger partial charge in [0.25, 0.3) is 0 Å². The van der Waals surface area contributed by atoms with Crippen molar-refractivity contribution in [2.24, 2.45) is 11.8 Å². The fraction of sp³-hybridized carbons (Fsp3) is 0.462. The SMILES string of the molecule is O=C(CC1CCC(CCN2CCn3cccc3C2)CC1)c1cccc2ncccc12. The highest BCUT2D eigenvalue weighted by atomic mass is 16.1. The minimum Gasteiger partial charge on any atom is -0.349 e. The lowest BCUT2D eigenvalue weighted by molar-refractivity contribution is 0.0941. The zero-order chi connectivity index (χ0) is 20.3. The third-order valence-electron chi connectivity index (χ3n) is 7.21. The van der Waals surface area contributed by atoms with Crippen LogP contribution in [0.15, 0.2) is 54.9 Å². The Bertz CT molecular complexity index is 1010. The Hall–Kier alpha value is -2.46. The number of carbonyl (C=O) groups is 1. The van der Waals surface area contributed by atoms with Gasteiger partial charge in [-0.2, -0.15) is 0 Å². The second-order valence-electron chi connectivity index (χ2n) is 9.15. The van der Waals surface area contributed by atoms with Gasteiger partial charge in [0, 0.05) is 55.1 Å². The normalized spacial score (nSPS) is 22.1. The van der Waals surface area contributed by atoms with E-state index in [1.54, 1.807) is 6.20 Å². The lowest BCUT2D eigenvalue weighted by Crippen LogP contribution is -2.34. The van der Waals surface area contributed by atoms with Crippen LogP contribution in [-0.2, 0) is 13.1 Å². The molecule has 0 amide bonds. The van der Waals surface area contributed by atoms with Crippen LogP contribution in [0.3, 0.4) is 0 Å². The highest BCUT2D eigenvalue weighted by molar-refractivity contribution is 6.07. The number of ketones is 1. The first-order chi connectivity index (χ1) is 14.8. The fourth-order valence-corrected chi connectivity index (χ4v) is 5.37. The van der Waals surface area contributed by atoms with Crippen molar-refractivity contribution < 1.29 is 4.79 Å². The Morgan fingerprint density at radius 3 is 2.73 bits per heavy atom. The third kappa shape index (κ3) is 4.20. The molecule has 0 spiro atoms. The molecule has 1 aromatic carbocycles. The standard InChI is InChI=1S/C26H31N3O/c30-26(24-5-1-7-25-23(24)6-2-13-27-25)18-21-10-8-20(9-11-21)12-15-28-16-17-29-14-3-4-22(29)19-28/h1-7,13-14,20-21H,8-12,15-19H2. The first-order valence-electron chi connectivity index (χ1n) is 11.5. The summed E-state index contributed by atoms with van der Waals surface area (Å²) in [5.74, 6) is 1.65. The smallest absolute Gasteiger partial charge is 0.163 e. The van der Waals surface area contributed by atoms with Crippen molar-refractivity contribution in [3.05, 3.63) is 66.1 Å². The number of nitrogens with zero attached hydrogens (tertiary/aromatic N) is 3. The van der Waals surface area contributed by atoms with Crippen LogP contribution >= 0.6 is 0 Å². The van der Waals surface area contributed by atoms with Gasteiger partial charge >= 0.3 is 0 Å². The zero-order valence-electron chi connectivity index (χ0n) is 17.7. The first kappa shape index (κ1) is 19.5. The molecule has 5 rings (SSSR count). The summed E-state index contributed by atoms with van der Waals surface area (Å²) < 4.78 is 2.38. The summed E-state index contributed by atoms with van der Waals surface area (Å²) in [6, 6.07) is 14.3. The van der Waals surface area contributed by atoms with Gasteiger partial charge in [0.2, 0.25) is 0 Å². The van der Waals surface area contributed by atoms with Crippen LogP contribution in [0, 0.1) is 11.8 Å². The van der Waals surface area contributed by atoms with Gasteiger partial charge < -0.3 is 4.57 Å². The van der Waals surface area contributed by atoms with E-state index in [2.05, 4.69) is 32.8 Å². The van der Waals surface area contributed by atoms with Crippen molar-refractivity contribution >= 4 is 16.7 Å². The Morgan fingerprint density at radius 2 is 1.83 bits per heavy atom. The highest BCUT2D eigenvalue weighted by Gasteiger charge is 2.25. The molecule has 1 aliphatic carbocycles. The second kappa shape index (κ2) is 8.73. The van der Waals surface area contributed by atoms with Crippen molar-refractivity contribution in [2.75, 3.05) is 13.1 Å². The monoisotopic (exact) mass is 401 g/mol. The largest absolute Gasteiger partial charge is 0.349 e. The zero-order valence-corrected chi connectivity index (χ0v) is 17.7. The molecule has 4 heteroatoms. The van der Waals surface area contributed by atoms with Crippen LogP contribution in [0.4, 0.5) is 0 Å². The maximum atomic E-state index is 13.0. The summed E-state index contributed by atoms with van der Waals surface area (Å²) in [4.78, 5) is 20.0. The molecule has 156 valence electrons. The number of benzene rings is 1. The lowest BCUT2D eigenvalue weighted by atomic mass is 9.78. The molecular formula is C26H31N3O. The first-order valence-corrected chi connectivity index (χ1v) is 11.5. The molecule has 1 fully saturated rings. The molecule has 1 aliphatic heterocycles. The van der Waals surface area contributed by atoms with Crippen LogP contribution < -0.4 is 0 Å². The number of rotatable bonds is 6. The van der Waals surface area contributed by atoms with Crippen molar-refractivity contribution in [2.45, 2.75) is 51.6 Å². The van der Waals surface area contributed by atoms with Crippen molar-refractivity contribution in [1.82, 2.24) is 14.5 Å². The molecule has 2 aromatic heterocycles. The quantitative estimate of drug-likeness (QED) is 0.525. The number of aromatic nitrogens is 2. The molecule has 3 aromatic rings. The van der Waals surface area contributed by atoms with E-state index in [1.165, 1.54) is 50.9 Å². The molecule has 0 radical (unpaired) electrons. The number of hydrogen-bond donors (Lipinski definition) is 0. The van der Waals surface area contributed by atoms with Gasteiger partial charge in [-0.3, -0.25) is 14.7 Å². The molecule has 30 heavy (non-hydrogen) atoms. The predicted octanol–water partition coefficient (Wildman–Crippen LogP) is 5.32. The molecule has 1 saturated carbocycles. The second-order valence-corrected chi connectivity index (χ2v) is 9.15. The van der Waals surface area contributed by atoms with Gasteiger partial charge in [-0.25, -0.2) is 0 Å². The van der Waals surface area contributed by atoms with Crippen LogP contribution in [0.1, 0.15) is 54.6 Å². The summed E-state index contributed by atoms with van der Waals surface area (Å²) in [6.45, 7) is 4.60. The maximum absolute atomic E-state index is 13.0. The van der Waals surface area contributed by atoms with Gasteiger partial charge in [0.15, 0.2) is 5.78 Å². The number of pyridine rings is 1. The van der Waals surface area contributed by atoms with Crippen LogP contribution in [0.2, 0.25) is 0 Å². The maximum Gasteiger partial charge on any atom is 0.163 e. The van der Waals surface area contributed by atoms with E-state index in [9.17, 15) is 4.79 Å². The Balaban J connectivity index is 1.10. The Kier molecular flexibility index (Phi) is 5.67. The van der Waals surface area contributed by atoms with Gasteiger partial charge in [-0.15, -0.1) is 0 Å². The number of carbonyl (C=O) groups excluding carboxylic acids is 1. The Labute approximate surface area is 178 Å². The molecule has 0 unspecified atom stereocenters. The van der Waals surface area contributed by atoms with E-state index in [0.29, 0.717) is 12.3 Å². The molecule has 0 bridgehead atoms. The topological polar surface area (TPSA) is 38.1 Å². The van der Waals surface area contributed by atoms with E-state index in [0.717, 1.165) is 35.5 Å². The van der Waals surface area contributed by atoms with Crippen molar-refractivity contribution in [3.63, 3.8) is 0 Å². The molecule has 4 nitrogen and oxygen atoms in total. The molecule has 0 atom stereocenters. The minimum atomic E-state index is 0.286. The Morgan fingerprint density at radius 1 is 0.967 bits per heavy atom. The van der Waals surface area contributed by atoms with Gasteiger partial charge in [0.05, 0.1) is 5.52 Å². The van der Waals surface area contributed by atoms with Gasteiger partial charge in [-0.1, -0.05) is 31.0 Å². The summed E-state index contributed by atoms with van der Waals surface area (Å²) in [5, 5.41) is 0.992. The summed E-state index contributed by atoms with van der Waals surface area (Å²) in [5.41, 5.74) is 3.21. The minimum absolute atomic E-state index is 0.286. The highest BCUT2D eigenvalue weighted by Crippen LogP contribution is 2.34. The van der Waals surface area contributed by atoms with E-state index < -0.39 is 0 Å². The predicted molar refractivity (Wildman–Crippen MR) is 120 cm³/mol. The van der Waals surface area contributed by atoms with Crippen LogP contribution in [-0.4, -0.2) is 33.3 Å². The number of Topliss-reactive ketones (excluding diaryl/α,β-unsaturated/α-hetero) is 1. The summed E-state index contributed by atoms with van der Waals surface area (Å²) in [6.07, 6.45) is 10.9. The third-order valence-corrected chi connectivity index (χ3v) is 7.21. The average Bonchev–Trinajstić information content (AvgIpc) is 3.26. The fourth-order valence-electron chi connectivity index (χ4n) is 5.37. The molecule has 3 heterocycles. The van der Waals surface area contributed by atoms with Crippen molar-refractivity contribution in [1.29, 1.82) is 0 Å². The molecular weight excluding hydrogens is 370 g/mol. The average molecular weight is 402 g/mol. The van der Waals surface area contributed by atoms with E-state index in [1.807, 2.05) is 30.3 Å². The van der Waals surface area contributed by atoms with E-state index in [4.69, 9.17) is 0 Å². The number of hydrogen-bond acceptors (Lipinski definition) is 3.